The summed E-state index contributed by atoms with van der Waals surface area (Å²) in [6.45, 7) is 6.11. The standard InChI is InChI=1S/C21H28N2O5.C7H9N.H2/c1-14(16-6-4-3-5-7-16)22-21(26)23-18(12-19(23)24)20(25)28-13-15-8-10-17(27-2)11-9-15;1-6-3-4-8-7(2)5-6;/h8-11,14,16,18H,3-7,12-13H2,1-2H3,(H,22,26);3-5H,1-2H3;1H/t14-,18+;;/m1../s1. The SMILES string of the molecule is COc1ccc(COC(=O)[C@@H]2CC(=O)N2C(=O)N[C@H](C)C2CCCCC2)cc1.Cc1ccnc(C)c1.[HH]. The van der Waals surface area contributed by atoms with Gasteiger partial charge in [-0.2, -0.15) is 0 Å². The van der Waals surface area contributed by atoms with E-state index in [0.717, 1.165) is 34.7 Å². The van der Waals surface area contributed by atoms with E-state index in [9.17, 15) is 14.4 Å². The van der Waals surface area contributed by atoms with Gasteiger partial charge in [0, 0.05) is 19.4 Å². The van der Waals surface area contributed by atoms with Crippen molar-refractivity contribution in [2.75, 3.05) is 7.11 Å². The Morgan fingerprint density at radius 1 is 1.14 bits per heavy atom. The largest absolute Gasteiger partial charge is 0.497 e. The predicted octanol–water partition coefficient (Wildman–Crippen LogP) is 4.96. The van der Waals surface area contributed by atoms with Crippen LogP contribution in [0.5, 0.6) is 5.75 Å². The molecule has 1 N–H and O–H groups in total. The van der Waals surface area contributed by atoms with Crippen LogP contribution < -0.4 is 10.1 Å². The first kappa shape index (κ1) is 27.2. The molecule has 1 aliphatic heterocycles. The molecule has 1 aliphatic carbocycles. The van der Waals surface area contributed by atoms with Gasteiger partial charge in [-0.05, 0) is 74.9 Å². The number of nitrogens with one attached hydrogen (secondary N) is 1. The summed E-state index contributed by atoms with van der Waals surface area (Å²) in [5.41, 5.74) is 3.17. The van der Waals surface area contributed by atoms with E-state index < -0.39 is 18.0 Å². The summed E-state index contributed by atoms with van der Waals surface area (Å²) >= 11 is 0. The van der Waals surface area contributed by atoms with Crippen LogP contribution in [-0.4, -0.2) is 47.0 Å². The van der Waals surface area contributed by atoms with Crippen molar-refractivity contribution >= 4 is 17.9 Å². The number of carbonyl (C=O) groups excluding carboxylic acids is 3. The molecule has 3 amide bonds. The van der Waals surface area contributed by atoms with Crippen LogP contribution in [0.3, 0.4) is 0 Å². The van der Waals surface area contributed by atoms with E-state index in [1.165, 1.54) is 24.8 Å². The van der Waals surface area contributed by atoms with Crippen LogP contribution in [0.1, 0.15) is 63.7 Å². The first-order valence-electron chi connectivity index (χ1n) is 12.6. The molecule has 2 heterocycles. The Morgan fingerprint density at radius 2 is 1.83 bits per heavy atom. The second-order valence-corrected chi connectivity index (χ2v) is 9.55. The lowest BCUT2D eigenvalue weighted by Gasteiger charge is -2.38. The lowest BCUT2D eigenvalue weighted by Crippen LogP contribution is -2.63. The maximum absolute atomic E-state index is 12.5. The molecule has 2 aromatic rings. The molecule has 8 nitrogen and oxygen atoms in total. The molecule has 0 spiro atoms. The number of benzene rings is 1. The number of pyridine rings is 1. The highest BCUT2D eigenvalue weighted by Crippen LogP contribution is 2.27. The van der Waals surface area contributed by atoms with Gasteiger partial charge < -0.3 is 14.8 Å². The smallest absolute Gasteiger partial charge is 0.330 e. The molecule has 2 fully saturated rings. The zero-order chi connectivity index (χ0) is 26.1. The number of aryl methyl sites for hydroxylation is 2. The molecule has 1 aromatic carbocycles. The second-order valence-electron chi connectivity index (χ2n) is 9.55. The first-order valence-corrected chi connectivity index (χ1v) is 12.6. The molecule has 4 rings (SSSR count). The van der Waals surface area contributed by atoms with Gasteiger partial charge in [-0.25, -0.2) is 14.5 Å². The molecule has 0 radical (unpaired) electrons. The number of esters is 1. The van der Waals surface area contributed by atoms with Gasteiger partial charge in [0.2, 0.25) is 5.91 Å². The Kier molecular flexibility index (Phi) is 9.85. The third kappa shape index (κ3) is 7.54. The van der Waals surface area contributed by atoms with E-state index in [0.29, 0.717) is 5.92 Å². The Hall–Kier alpha value is -3.42. The third-order valence-electron chi connectivity index (χ3n) is 6.74. The third-order valence-corrected chi connectivity index (χ3v) is 6.74. The Morgan fingerprint density at radius 3 is 2.39 bits per heavy atom. The van der Waals surface area contributed by atoms with Gasteiger partial charge in [0.25, 0.3) is 0 Å². The summed E-state index contributed by atoms with van der Waals surface area (Å²) in [7, 11) is 1.58. The van der Waals surface area contributed by atoms with Crippen molar-refractivity contribution in [3.8, 4) is 5.75 Å². The number of rotatable bonds is 6. The quantitative estimate of drug-likeness (QED) is 0.447. The fourth-order valence-electron chi connectivity index (χ4n) is 4.54. The van der Waals surface area contributed by atoms with Crippen LogP contribution in [0.15, 0.2) is 42.6 Å². The highest BCUT2D eigenvalue weighted by atomic mass is 16.5. The molecule has 2 atom stereocenters. The number of hydrogen-bond donors (Lipinski definition) is 1. The number of methoxy groups -OCH3 is 1. The van der Waals surface area contributed by atoms with E-state index in [2.05, 4.69) is 23.3 Å². The predicted molar refractivity (Wildman–Crippen MR) is 138 cm³/mol. The van der Waals surface area contributed by atoms with E-state index >= 15 is 0 Å². The first-order chi connectivity index (χ1) is 17.3. The average Bonchev–Trinajstić information content (AvgIpc) is 2.86. The summed E-state index contributed by atoms with van der Waals surface area (Å²) in [4.78, 5) is 41.8. The van der Waals surface area contributed by atoms with Crippen molar-refractivity contribution in [3.63, 3.8) is 0 Å². The molecule has 1 saturated carbocycles. The summed E-state index contributed by atoms with van der Waals surface area (Å²) in [6.07, 6.45) is 7.59. The molecule has 196 valence electrons. The number of carbonyl (C=O) groups is 3. The van der Waals surface area contributed by atoms with E-state index in [1.807, 2.05) is 26.1 Å². The molecule has 36 heavy (non-hydrogen) atoms. The van der Waals surface area contributed by atoms with Gasteiger partial charge in [-0.3, -0.25) is 9.78 Å². The molecule has 0 unspecified atom stereocenters. The number of nitrogens with zero attached hydrogens (tertiary/aromatic N) is 2. The van der Waals surface area contributed by atoms with E-state index in [-0.39, 0.29) is 26.4 Å². The van der Waals surface area contributed by atoms with Gasteiger partial charge in [0.05, 0.1) is 13.5 Å². The highest BCUT2D eigenvalue weighted by Gasteiger charge is 2.47. The topological polar surface area (TPSA) is 97.8 Å². The van der Waals surface area contributed by atoms with Crippen LogP contribution in [0.2, 0.25) is 0 Å². The van der Waals surface area contributed by atoms with Crippen molar-refractivity contribution in [1.82, 2.24) is 15.2 Å². The van der Waals surface area contributed by atoms with Crippen LogP contribution in [-0.2, 0) is 20.9 Å². The number of aromatic nitrogens is 1. The normalized spacial score (nSPS) is 18.3. The minimum Gasteiger partial charge on any atom is -0.497 e. The summed E-state index contributed by atoms with van der Waals surface area (Å²) in [6, 6.07) is 9.85. The zero-order valence-electron chi connectivity index (χ0n) is 21.7. The lowest BCUT2D eigenvalue weighted by atomic mass is 9.84. The molecule has 0 bridgehead atoms. The number of β-lactam (4-membered cyclic amide) rings is 1. The molecule has 1 saturated heterocycles. The Labute approximate surface area is 214 Å². The molecular formula is C28H39N3O5. The van der Waals surface area contributed by atoms with Crippen LogP contribution in [0.25, 0.3) is 0 Å². The van der Waals surface area contributed by atoms with Gasteiger partial charge in [0.1, 0.15) is 18.4 Å². The minimum atomic E-state index is -0.843. The van der Waals surface area contributed by atoms with Crippen molar-refractivity contribution < 1.29 is 25.3 Å². The van der Waals surface area contributed by atoms with Crippen molar-refractivity contribution in [2.24, 2.45) is 5.92 Å². The van der Waals surface area contributed by atoms with E-state index in [1.54, 1.807) is 31.4 Å². The maximum Gasteiger partial charge on any atom is 0.330 e. The van der Waals surface area contributed by atoms with Crippen molar-refractivity contribution in [3.05, 3.63) is 59.4 Å². The van der Waals surface area contributed by atoms with E-state index in [4.69, 9.17) is 9.47 Å². The molecule has 1 aromatic heterocycles. The Balaban J connectivity index is 0.000000457. The molecule has 2 aliphatic rings. The molecular weight excluding hydrogens is 458 g/mol. The zero-order valence-corrected chi connectivity index (χ0v) is 21.7. The summed E-state index contributed by atoms with van der Waals surface area (Å²) < 4.78 is 10.4. The minimum absolute atomic E-state index is 0. The van der Waals surface area contributed by atoms with Crippen LogP contribution in [0.4, 0.5) is 4.79 Å². The lowest BCUT2D eigenvalue weighted by molar-refractivity contribution is -0.163. The average molecular weight is 498 g/mol. The summed E-state index contributed by atoms with van der Waals surface area (Å²) in [5.74, 6) is 0.236. The van der Waals surface area contributed by atoms with Crippen LogP contribution in [0, 0.1) is 19.8 Å². The number of likely N-dealkylation sites (tertiary alicyclic amines) is 1. The van der Waals surface area contributed by atoms with Crippen molar-refractivity contribution in [1.29, 1.82) is 0 Å². The number of urea groups is 1. The maximum atomic E-state index is 12.5. The molecule has 8 heteroatoms. The van der Waals surface area contributed by atoms with Gasteiger partial charge in [-0.1, -0.05) is 31.4 Å². The number of ether oxygens (including phenoxy) is 2. The van der Waals surface area contributed by atoms with Crippen LogP contribution >= 0.6 is 0 Å². The number of amides is 3. The Bertz CT molecular complexity index is 1020. The van der Waals surface area contributed by atoms with Gasteiger partial charge in [0.15, 0.2) is 0 Å². The van der Waals surface area contributed by atoms with Gasteiger partial charge >= 0.3 is 12.0 Å². The van der Waals surface area contributed by atoms with Gasteiger partial charge in [-0.15, -0.1) is 0 Å². The monoisotopic (exact) mass is 497 g/mol. The summed E-state index contributed by atoms with van der Waals surface area (Å²) in [5, 5.41) is 2.90. The highest BCUT2D eigenvalue weighted by molar-refractivity contribution is 6.06. The fraction of sp³-hybridized carbons (Fsp3) is 0.500. The second kappa shape index (κ2) is 13.0. The van der Waals surface area contributed by atoms with Crippen molar-refractivity contribution in [2.45, 2.75) is 78.0 Å². The fourth-order valence-corrected chi connectivity index (χ4v) is 4.54. The number of imide groups is 1. The number of hydrogen-bond acceptors (Lipinski definition) is 6.